The summed E-state index contributed by atoms with van der Waals surface area (Å²) >= 11 is 5.40. The molecule has 1 aromatic carbocycles. The van der Waals surface area contributed by atoms with Crippen molar-refractivity contribution in [2.75, 3.05) is 6.54 Å². The van der Waals surface area contributed by atoms with Crippen LogP contribution >= 0.6 is 6.64 Å². The number of rotatable bonds is 3. The molecule has 0 saturated heterocycles. The summed E-state index contributed by atoms with van der Waals surface area (Å²) in [5, 5.41) is 3.22. The highest BCUT2D eigenvalue weighted by Gasteiger charge is 2.26. The zero-order valence-electron chi connectivity index (χ0n) is 9.47. The van der Waals surface area contributed by atoms with Crippen LogP contribution in [-0.2, 0) is 22.9 Å². The number of hydrogen-bond acceptors (Lipinski definition) is 3. The van der Waals surface area contributed by atoms with Gasteiger partial charge in [-0.3, -0.25) is 0 Å². The van der Waals surface area contributed by atoms with Gasteiger partial charge in [0.2, 0.25) is 0 Å². The smallest absolute Gasteiger partial charge is 0.313 e. The Kier molecular flexibility index (Phi) is 3.65. The molecule has 1 aliphatic rings. The van der Waals surface area contributed by atoms with Crippen LogP contribution in [0.2, 0.25) is 0 Å². The summed E-state index contributed by atoms with van der Waals surface area (Å²) < 4.78 is 11.4. The van der Waals surface area contributed by atoms with Gasteiger partial charge in [0.15, 0.2) is 0 Å². The van der Waals surface area contributed by atoms with Gasteiger partial charge < -0.3 is 9.05 Å². The number of para-hydroxylation sites is 1. The molecule has 16 heavy (non-hydrogen) atoms. The molecule has 1 atom stereocenters. The maximum atomic E-state index is 5.76. The Balaban J connectivity index is 2.09. The SMILES string of the molecule is CC(C)CNP1(=S)OCc2ccccc2O1. The van der Waals surface area contributed by atoms with Crippen LogP contribution in [0.1, 0.15) is 19.4 Å². The fourth-order valence-corrected chi connectivity index (χ4v) is 3.56. The lowest BCUT2D eigenvalue weighted by Crippen LogP contribution is -2.23. The quantitative estimate of drug-likeness (QED) is 0.843. The van der Waals surface area contributed by atoms with Crippen molar-refractivity contribution in [3.8, 4) is 5.75 Å². The van der Waals surface area contributed by atoms with Gasteiger partial charge in [-0.25, -0.2) is 5.09 Å². The Bertz CT molecular complexity index is 422. The van der Waals surface area contributed by atoms with Crippen molar-refractivity contribution < 1.29 is 9.05 Å². The van der Waals surface area contributed by atoms with Crippen LogP contribution in [0.15, 0.2) is 24.3 Å². The Labute approximate surface area is 101 Å². The molecule has 1 N–H and O–H groups in total. The second kappa shape index (κ2) is 4.84. The zero-order chi connectivity index (χ0) is 11.6. The molecule has 0 aliphatic carbocycles. The fourth-order valence-electron chi connectivity index (χ4n) is 1.39. The molecular weight excluding hydrogens is 241 g/mol. The van der Waals surface area contributed by atoms with Crippen molar-refractivity contribution in [2.24, 2.45) is 5.92 Å². The van der Waals surface area contributed by atoms with Crippen LogP contribution in [-0.4, -0.2) is 6.54 Å². The lowest BCUT2D eigenvalue weighted by atomic mass is 10.2. The Morgan fingerprint density at radius 2 is 2.19 bits per heavy atom. The van der Waals surface area contributed by atoms with Crippen molar-refractivity contribution >= 4 is 18.4 Å². The minimum atomic E-state index is -2.32. The van der Waals surface area contributed by atoms with Gasteiger partial charge >= 0.3 is 6.64 Å². The maximum absolute atomic E-state index is 5.76. The highest BCUT2D eigenvalue weighted by molar-refractivity contribution is 8.09. The molecule has 0 saturated carbocycles. The molecule has 1 heterocycles. The summed E-state index contributed by atoms with van der Waals surface area (Å²) in [5.74, 6) is 1.39. The van der Waals surface area contributed by atoms with Crippen molar-refractivity contribution in [1.82, 2.24) is 5.09 Å². The lowest BCUT2D eigenvalue weighted by molar-refractivity contribution is 0.266. The van der Waals surface area contributed by atoms with E-state index in [1.807, 2.05) is 24.3 Å². The van der Waals surface area contributed by atoms with E-state index in [1.54, 1.807) is 0 Å². The third-order valence-corrected chi connectivity index (χ3v) is 4.68. The molecule has 1 unspecified atom stereocenters. The van der Waals surface area contributed by atoms with E-state index < -0.39 is 6.64 Å². The Morgan fingerprint density at radius 1 is 1.44 bits per heavy atom. The van der Waals surface area contributed by atoms with Gasteiger partial charge in [-0.05, 0) is 23.8 Å². The van der Waals surface area contributed by atoms with Crippen LogP contribution in [0, 0.1) is 5.92 Å². The van der Waals surface area contributed by atoms with Crippen LogP contribution in [0.3, 0.4) is 0 Å². The normalized spacial score (nSPS) is 23.9. The lowest BCUT2D eigenvalue weighted by Gasteiger charge is -2.29. The fraction of sp³-hybridized carbons (Fsp3) is 0.455. The van der Waals surface area contributed by atoms with E-state index in [0.717, 1.165) is 17.9 Å². The predicted molar refractivity (Wildman–Crippen MR) is 69.0 cm³/mol. The van der Waals surface area contributed by atoms with Crippen molar-refractivity contribution in [3.05, 3.63) is 29.8 Å². The van der Waals surface area contributed by atoms with Gasteiger partial charge in [0.25, 0.3) is 0 Å². The first-order valence-electron chi connectivity index (χ1n) is 5.36. The van der Waals surface area contributed by atoms with Crippen LogP contribution in [0.5, 0.6) is 5.75 Å². The summed E-state index contributed by atoms with van der Waals surface area (Å²) in [6.07, 6.45) is 0. The molecule has 3 nitrogen and oxygen atoms in total. The largest absolute Gasteiger partial charge is 0.432 e. The molecule has 88 valence electrons. The first-order chi connectivity index (χ1) is 7.59. The molecule has 2 rings (SSSR count). The molecule has 0 bridgehead atoms. The Hall–Kier alpha value is -0.410. The summed E-state index contributed by atoms with van der Waals surface area (Å²) in [6, 6.07) is 7.86. The van der Waals surface area contributed by atoms with Crippen molar-refractivity contribution in [2.45, 2.75) is 20.5 Å². The molecule has 0 aromatic heterocycles. The van der Waals surface area contributed by atoms with E-state index >= 15 is 0 Å². The molecule has 0 fully saturated rings. The Morgan fingerprint density at radius 3 is 2.94 bits per heavy atom. The van der Waals surface area contributed by atoms with Gasteiger partial charge in [-0.2, -0.15) is 0 Å². The van der Waals surface area contributed by atoms with Crippen LogP contribution < -0.4 is 9.61 Å². The minimum absolute atomic E-state index is 0.532. The van der Waals surface area contributed by atoms with Gasteiger partial charge in [0.05, 0.1) is 6.61 Å². The van der Waals surface area contributed by atoms with Gasteiger partial charge in [-0.1, -0.05) is 32.0 Å². The highest BCUT2D eigenvalue weighted by atomic mass is 32.5. The topological polar surface area (TPSA) is 30.5 Å². The first kappa shape index (κ1) is 12.1. The third kappa shape index (κ3) is 2.83. The van der Waals surface area contributed by atoms with E-state index in [0.29, 0.717) is 12.5 Å². The first-order valence-corrected chi connectivity index (χ1v) is 8.00. The zero-order valence-corrected chi connectivity index (χ0v) is 11.2. The molecule has 0 amide bonds. The maximum Gasteiger partial charge on any atom is 0.313 e. The van der Waals surface area contributed by atoms with Gasteiger partial charge in [0, 0.05) is 12.1 Å². The summed E-state index contributed by atoms with van der Waals surface area (Å²) in [7, 11) is 0. The standard InChI is InChI=1S/C11H16NO2PS/c1-9(2)7-12-15(16)13-8-10-5-3-4-6-11(10)14-15/h3-6,9H,7-8H2,1-2H3,(H,12,16). The average molecular weight is 257 g/mol. The number of fused-ring (bicyclic) bond motifs is 1. The average Bonchev–Trinajstić information content (AvgIpc) is 2.26. The molecule has 1 aliphatic heterocycles. The van der Waals surface area contributed by atoms with E-state index in [1.165, 1.54) is 0 Å². The second-order valence-corrected chi connectivity index (χ2v) is 7.42. The van der Waals surface area contributed by atoms with Crippen molar-refractivity contribution in [3.63, 3.8) is 0 Å². The summed E-state index contributed by atoms with van der Waals surface area (Å²) in [5.41, 5.74) is 1.06. The monoisotopic (exact) mass is 257 g/mol. The van der Waals surface area contributed by atoms with Gasteiger partial charge in [-0.15, -0.1) is 0 Å². The summed E-state index contributed by atoms with van der Waals surface area (Å²) in [4.78, 5) is 0. The second-order valence-electron chi connectivity index (χ2n) is 4.23. The van der Waals surface area contributed by atoms with Gasteiger partial charge in [0.1, 0.15) is 5.75 Å². The molecule has 0 spiro atoms. The minimum Gasteiger partial charge on any atom is -0.432 e. The molecule has 5 heteroatoms. The number of nitrogens with one attached hydrogen (secondary N) is 1. The molecular formula is C11H16NO2PS. The van der Waals surface area contributed by atoms with E-state index in [2.05, 4.69) is 18.9 Å². The molecule has 0 radical (unpaired) electrons. The van der Waals surface area contributed by atoms with Crippen LogP contribution in [0.4, 0.5) is 0 Å². The van der Waals surface area contributed by atoms with E-state index in [9.17, 15) is 0 Å². The predicted octanol–water partition coefficient (Wildman–Crippen LogP) is 3.07. The third-order valence-electron chi connectivity index (χ3n) is 2.27. The number of hydrogen-bond donors (Lipinski definition) is 1. The van der Waals surface area contributed by atoms with E-state index in [4.69, 9.17) is 20.9 Å². The van der Waals surface area contributed by atoms with Crippen molar-refractivity contribution in [1.29, 1.82) is 0 Å². The number of benzene rings is 1. The highest BCUT2D eigenvalue weighted by Crippen LogP contribution is 2.50. The summed E-state index contributed by atoms with van der Waals surface area (Å²) in [6.45, 7) is 3.31. The van der Waals surface area contributed by atoms with Crippen LogP contribution in [0.25, 0.3) is 0 Å². The van der Waals surface area contributed by atoms with E-state index in [-0.39, 0.29) is 0 Å². The molecule has 1 aromatic rings.